The predicted octanol–water partition coefficient (Wildman–Crippen LogP) is 9.26. The Balaban J connectivity index is -0.000000351. The minimum Gasteiger partial charge on any atom is -0.481 e. The van der Waals surface area contributed by atoms with Gasteiger partial charge in [0.05, 0.1) is 33.0 Å². The maximum absolute atomic E-state index is 10.3. The van der Waals surface area contributed by atoms with Crippen molar-refractivity contribution in [2.45, 2.75) is 225 Å². The van der Waals surface area contributed by atoms with Crippen LogP contribution in [0.25, 0.3) is 0 Å². The van der Waals surface area contributed by atoms with Crippen LogP contribution in [0.15, 0.2) is 0 Å². The summed E-state index contributed by atoms with van der Waals surface area (Å²) in [6.07, 6.45) is 39.4. The molecule has 0 aromatic rings. The van der Waals surface area contributed by atoms with E-state index in [0.717, 1.165) is 25.7 Å². The van der Waals surface area contributed by atoms with Crippen molar-refractivity contribution in [3.63, 3.8) is 0 Å². The zero-order valence-electron chi connectivity index (χ0n) is 36.7. The second-order valence-electron chi connectivity index (χ2n) is 15.2. The molecule has 0 heterocycles. The molecule has 0 aliphatic carbocycles. The molecule has 0 aliphatic heterocycles. The van der Waals surface area contributed by atoms with Crippen LogP contribution in [0.5, 0.6) is 0 Å². The van der Waals surface area contributed by atoms with E-state index in [1.165, 1.54) is 167 Å². The molecule has 0 spiro atoms. The Labute approximate surface area is 344 Å². The molecule has 0 unspecified atom stereocenters. The molecule has 0 aromatic heterocycles. The predicted molar refractivity (Wildman–Crippen MR) is 232 cm³/mol. The van der Waals surface area contributed by atoms with Crippen LogP contribution < -0.4 is 0 Å². The minimum atomic E-state index is -0.954. The molecular formula is C45H95NO10. The zero-order chi connectivity index (χ0) is 42.6. The number of aliphatic hydroxyl groups is 6. The molecule has 0 aliphatic rings. The highest BCUT2D eigenvalue weighted by atomic mass is 16.4. The van der Waals surface area contributed by atoms with E-state index in [9.17, 15) is 9.59 Å². The molecule has 0 rings (SSSR count). The number of carbonyl (C=O) groups is 2. The highest BCUT2D eigenvalue weighted by Crippen LogP contribution is 2.15. The molecular weight excluding hydrogens is 714 g/mol. The van der Waals surface area contributed by atoms with Gasteiger partial charge in [-0.25, -0.2) is 0 Å². The summed E-state index contributed by atoms with van der Waals surface area (Å²) in [5.41, 5.74) is 0. The Morgan fingerprint density at radius 1 is 0.375 bits per heavy atom. The average Bonchev–Trinajstić information content (AvgIpc) is 3.18. The molecule has 0 atom stereocenters. The van der Waals surface area contributed by atoms with E-state index < -0.39 is 18.0 Å². The lowest BCUT2D eigenvalue weighted by Crippen LogP contribution is -2.32. The maximum Gasteiger partial charge on any atom is 0.303 e. The van der Waals surface area contributed by atoms with Crippen molar-refractivity contribution in [3.05, 3.63) is 0 Å². The van der Waals surface area contributed by atoms with Crippen molar-refractivity contribution in [2.24, 2.45) is 0 Å². The first-order chi connectivity index (χ1) is 27.2. The zero-order valence-corrected chi connectivity index (χ0v) is 36.7. The molecule has 0 fully saturated rings. The number of nitrogens with zero attached hydrogens (tertiary/aromatic N) is 1. The van der Waals surface area contributed by atoms with Gasteiger partial charge in [0.15, 0.2) is 0 Å². The van der Waals surface area contributed by atoms with E-state index in [1.54, 1.807) is 4.90 Å². The standard InChI is InChI=1S/2C18H36O2.C6H15NO3.C3H8O3/c2*1-2-3-4-5-6-7-8-9-10-11-12-13-14-15-16-17-18(19)20;8-4-1-7(2-5-9)3-6-10;4-1-3(6)2-5/h2*2-17H2,1H3,(H,19,20);8-10H,1-6H2;3-6H,1-2H2. The van der Waals surface area contributed by atoms with E-state index in [0.29, 0.717) is 32.5 Å². The first kappa shape index (κ1) is 61.3. The average molecular weight is 810 g/mol. The topological polar surface area (TPSA) is 199 Å². The second-order valence-corrected chi connectivity index (χ2v) is 15.2. The number of carboxylic acid groups (broad SMARTS) is 2. The van der Waals surface area contributed by atoms with Crippen molar-refractivity contribution in [2.75, 3.05) is 52.7 Å². The van der Waals surface area contributed by atoms with Crippen LogP contribution in [0.3, 0.4) is 0 Å². The van der Waals surface area contributed by atoms with E-state index in [-0.39, 0.29) is 33.0 Å². The van der Waals surface area contributed by atoms with Gasteiger partial charge in [-0.3, -0.25) is 14.5 Å². The molecule has 0 aromatic carbocycles. The van der Waals surface area contributed by atoms with Gasteiger partial charge in [-0.2, -0.15) is 0 Å². The SMILES string of the molecule is CCCCCCCCCCCCCCCCCC(=O)O.CCCCCCCCCCCCCCCCCC(=O)O.OCC(O)CO.OCCN(CCO)CCO. The van der Waals surface area contributed by atoms with Gasteiger partial charge in [-0.15, -0.1) is 0 Å². The molecule has 0 bridgehead atoms. The van der Waals surface area contributed by atoms with Gasteiger partial charge in [0.2, 0.25) is 0 Å². The molecule has 340 valence electrons. The second kappa shape index (κ2) is 58.0. The van der Waals surface area contributed by atoms with Gasteiger partial charge in [0, 0.05) is 32.5 Å². The summed E-state index contributed by atoms with van der Waals surface area (Å²) >= 11 is 0. The highest BCUT2D eigenvalue weighted by Gasteiger charge is 2.01. The number of hydrogen-bond donors (Lipinski definition) is 8. The third kappa shape index (κ3) is 67.4. The lowest BCUT2D eigenvalue weighted by Gasteiger charge is -2.17. The number of aliphatic hydroxyl groups excluding tert-OH is 6. The molecule has 0 amide bonds. The minimum absolute atomic E-state index is 0.0694. The van der Waals surface area contributed by atoms with Gasteiger partial charge >= 0.3 is 11.9 Å². The van der Waals surface area contributed by atoms with Gasteiger partial charge < -0.3 is 40.9 Å². The molecule has 56 heavy (non-hydrogen) atoms. The van der Waals surface area contributed by atoms with Crippen molar-refractivity contribution in [1.82, 2.24) is 4.90 Å². The Morgan fingerprint density at radius 3 is 0.714 bits per heavy atom. The molecule has 11 heteroatoms. The molecule has 0 radical (unpaired) electrons. The fourth-order valence-electron chi connectivity index (χ4n) is 6.11. The number of aliphatic carboxylic acids is 2. The summed E-state index contributed by atoms with van der Waals surface area (Å²) in [5.74, 6) is -1.31. The number of hydrogen-bond acceptors (Lipinski definition) is 9. The van der Waals surface area contributed by atoms with Crippen molar-refractivity contribution in [1.29, 1.82) is 0 Å². The summed E-state index contributed by atoms with van der Waals surface area (Å²) < 4.78 is 0. The first-order valence-corrected chi connectivity index (χ1v) is 23.1. The van der Waals surface area contributed by atoms with Crippen LogP contribution in [0.1, 0.15) is 219 Å². The van der Waals surface area contributed by atoms with Crippen LogP contribution in [0.2, 0.25) is 0 Å². The molecule has 0 saturated carbocycles. The molecule has 11 nitrogen and oxygen atoms in total. The molecule has 0 saturated heterocycles. The van der Waals surface area contributed by atoms with Gasteiger partial charge in [0.1, 0.15) is 6.10 Å². The van der Waals surface area contributed by atoms with Crippen LogP contribution >= 0.6 is 0 Å². The van der Waals surface area contributed by atoms with Crippen LogP contribution in [0, 0.1) is 0 Å². The number of rotatable bonds is 40. The number of carboxylic acids is 2. The van der Waals surface area contributed by atoms with Crippen molar-refractivity contribution in [3.8, 4) is 0 Å². The van der Waals surface area contributed by atoms with E-state index in [1.807, 2.05) is 0 Å². The summed E-state index contributed by atoms with van der Waals surface area (Å²) in [5, 5.41) is 66.5. The van der Waals surface area contributed by atoms with Crippen LogP contribution in [-0.4, -0.2) is 116 Å². The van der Waals surface area contributed by atoms with Gasteiger partial charge in [-0.1, -0.05) is 194 Å². The van der Waals surface area contributed by atoms with Crippen LogP contribution in [0.4, 0.5) is 0 Å². The highest BCUT2D eigenvalue weighted by molar-refractivity contribution is 5.66. The summed E-state index contributed by atoms with van der Waals surface area (Å²) in [6.45, 7) is 5.56. The smallest absolute Gasteiger partial charge is 0.303 e. The Hall–Kier alpha value is -1.34. The van der Waals surface area contributed by atoms with E-state index in [4.69, 9.17) is 40.9 Å². The largest absolute Gasteiger partial charge is 0.481 e. The van der Waals surface area contributed by atoms with Crippen molar-refractivity contribution >= 4 is 11.9 Å². The third-order valence-corrected chi connectivity index (χ3v) is 9.66. The summed E-state index contributed by atoms with van der Waals surface area (Å²) in [6, 6.07) is 0. The van der Waals surface area contributed by atoms with Gasteiger partial charge in [0.25, 0.3) is 0 Å². The Kier molecular flexibility index (Phi) is 63.5. The van der Waals surface area contributed by atoms with E-state index in [2.05, 4.69) is 13.8 Å². The third-order valence-electron chi connectivity index (χ3n) is 9.66. The number of unbranched alkanes of at least 4 members (excludes halogenated alkanes) is 28. The fourth-order valence-corrected chi connectivity index (χ4v) is 6.11. The van der Waals surface area contributed by atoms with Gasteiger partial charge in [-0.05, 0) is 12.8 Å². The monoisotopic (exact) mass is 810 g/mol. The van der Waals surface area contributed by atoms with Crippen LogP contribution in [-0.2, 0) is 9.59 Å². The Bertz CT molecular complexity index is 654. The lowest BCUT2D eigenvalue weighted by atomic mass is 10.0. The maximum atomic E-state index is 10.3. The summed E-state index contributed by atoms with van der Waals surface area (Å²) in [4.78, 5) is 22.5. The normalized spacial score (nSPS) is 10.8. The van der Waals surface area contributed by atoms with Crippen molar-refractivity contribution < 1.29 is 50.4 Å². The quantitative estimate of drug-likeness (QED) is 0.0275. The fraction of sp³-hybridized carbons (Fsp3) is 0.956. The van der Waals surface area contributed by atoms with E-state index >= 15 is 0 Å². The lowest BCUT2D eigenvalue weighted by molar-refractivity contribution is -0.138. The Morgan fingerprint density at radius 2 is 0.571 bits per heavy atom. The molecule has 8 N–H and O–H groups in total. The first-order valence-electron chi connectivity index (χ1n) is 23.1. The summed E-state index contributed by atoms with van der Waals surface area (Å²) in [7, 11) is 0.